The molecular weight excluding hydrogens is 455 g/mol. The smallest absolute Gasteiger partial charge is 0.281 e. The maximum absolute atomic E-state index is 13.6. The summed E-state index contributed by atoms with van der Waals surface area (Å²) in [5.74, 6) is 0.661. The van der Waals surface area contributed by atoms with E-state index in [4.69, 9.17) is 28.4 Å². The molecule has 0 amide bonds. The van der Waals surface area contributed by atoms with Gasteiger partial charge in [0, 0.05) is 37.6 Å². The zero-order chi connectivity index (χ0) is 21.5. The highest BCUT2D eigenvalue weighted by molar-refractivity contribution is 7.10. The third kappa shape index (κ3) is 3.86. The van der Waals surface area contributed by atoms with Gasteiger partial charge in [-0.3, -0.25) is 10.1 Å². The Morgan fingerprint density at radius 2 is 2.06 bits per heavy atom. The third-order valence-corrected chi connectivity index (χ3v) is 7.60. The first-order chi connectivity index (χ1) is 15.0. The molecule has 2 aliphatic rings. The van der Waals surface area contributed by atoms with Gasteiger partial charge >= 0.3 is 0 Å². The molecule has 164 valence electrons. The second kappa shape index (κ2) is 8.69. The van der Waals surface area contributed by atoms with Crippen molar-refractivity contribution in [2.75, 3.05) is 37.7 Å². The zero-order valence-corrected chi connectivity index (χ0v) is 19.5. The van der Waals surface area contributed by atoms with Gasteiger partial charge in [-0.2, -0.15) is 4.42 Å². The largest absolute Gasteiger partial charge is 0.313 e. The van der Waals surface area contributed by atoms with Gasteiger partial charge in [0.05, 0.1) is 22.0 Å². The summed E-state index contributed by atoms with van der Waals surface area (Å²) in [5.41, 5.74) is 1.66. The van der Waals surface area contributed by atoms with E-state index in [1.165, 1.54) is 10.4 Å². The van der Waals surface area contributed by atoms with E-state index in [0.717, 1.165) is 39.1 Å². The molecule has 3 aromatic rings. The van der Waals surface area contributed by atoms with Crippen LogP contribution in [0.3, 0.4) is 0 Å². The number of hydrogen-bond donors (Lipinski definition) is 2. The first-order valence-corrected chi connectivity index (χ1v) is 12.1. The summed E-state index contributed by atoms with van der Waals surface area (Å²) in [7, 11) is 0. The van der Waals surface area contributed by atoms with E-state index in [2.05, 4.69) is 27.1 Å². The van der Waals surface area contributed by atoms with Crippen LogP contribution in [0.15, 0.2) is 34.4 Å². The summed E-state index contributed by atoms with van der Waals surface area (Å²) in [6.07, 6.45) is 0.802. The van der Waals surface area contributed by atoms with Crippen LogP contribution in [-0.4, -0.2) is 46.8 Å². The number of hydrogen-bond acceptors (Lipinski definition) is 7. The summed E-state index contributed by atoms with van der Waals surface area (Å²) >= 11 is 14.7. The van der Waals surface area contributed by atoms with Crippen molar-refractivity contribution < 1.29 is 0 Å². The van der Waals surface area contributed by atoms with E-state index < -0.39 is 0 Å². The number of nitrogens with zero attached hydrogens (tertiary/aromatic N) is 4. The normalized spacial score (nSPS) is 20.7. The van der Waals surface area contributed by atoms with Crippen molar-refractivity contribution in [1.82, 2.24) is 24.7 Å². The Balaban J connectivity index is 1.59. The Labute approximate surface area is 194 Å². The summed E-state index contributed by atoms with van der Waals surface area (Å²) in [6, 6.07) is 7.31. The van der Waals surface area contributed by atoms with E-state index in [-0.39, 0.29) is 17.8 Å². The van der Waals surface area contributed by atoms with Crippen LogP contribution in [0.2, 0.25) is 5.02 Å². The Morgan fingerprint density at radius 3 is 2.87 bits per heavy atom. The van der Waals surface area contributed by atoms with E-state index >= 15 is 0 Å². The molecule has 1 aromatic carbocycles. The number of nitrogens with one attached hydrogen (secondary N) is 2. The summed E-state index contributed by atoms with van der Waals surface area (Å²) in [4.78, 5) is 19.8. The van der Waals surface area contributed by atoms with Crippen molar-refractivity contribution in [3.63, 3.8) is 0 Å². The number of fused-ring (bicyclic) bond motifs is 2. The number of piperazine rings is 1. The second-order valence-corrected chi connectivity index (χ2v) is 9.73. The van der Waals surface area contributed by atoms with Gasteiger partial charge < -0.3 is 10.3 Å². The third-order valence-electron chi connectivity index (χ3n) is 5.93. The van der Waals surface area contributed by atoms with Crippen molar-refractivity contribution >= 4 is 45.6 Å². The van der Waals surface area contributed by atoms with E-state index in [1.807, 2.05) is 19.1 Å². The van der Waals surface area contributed by atoms with E-state index in [1.54, 1.807) is 26.5 Å². The molecule has 4 heterocycles. The lowest BCUT2D eigenvalue weighted by Gasteiger charge is -2.36. The Hall–Kier alpha value is -1.68. The second-order valence-electron chi connectivity index (χ2n) is 7.89. The van der Waals surface area contributed by atoms with Crippen LogP contribution in [-0.2, 0) is 6.42 Å². The SMILES string of the molecule is C[C@H](NC1c2ccsc2CCN1Cl)c1nc2cccc(Cl)c2c(=O)n1N1CCNCC1. The Kier molecular flexibility index (Phi) is 5.94. The van der Waals surface area contributed by atoms with Crippen molar-refractivity contribution in [1.29, 1.82) is 0 Å². The molecule has 0 spiro atoms. The van der Waals surface area contributed by atoms with Crippen LogP contribution in [0.4, 0.5) is 0 Å². The molecule has 0 saturated carbocycles. The molecule has 7 nitrogen and oxygen atoms in total. The van der Waals surface area contributed by atoms with Gasteiger partial charge in [0.15, 0.2) is 0 Å². The molecule has 2 aliphatic heterocycles. The molecule has 2 aromatic heterocycles. The zero-order valence-electron chi connectivity index (χ0n) is 17.1. The van der Waals surface area contributed by atoms with Gasteiger partial charge in [-0.05, 0) is 54.3 Å². The van der Waals surface area contributed by atoms with Crippen LogP contribution in [0.5, 0.6) is 0 Å². The van der Waals surface area contributed by atoms with Crippen LogP contribution in [0, 0.1) is 0 Å². The standard InChI is InChI=1S/C21H24Cl2N6OS/c1-13(25-20-14-6-12-31-17(14)5-9-28(20)23)19-26-16-4-2-3-15(22)18(16)21(30)29(19)27-10-7-24-8-11-27/h2-4,6,12-13,20,24-25H,5,7-11H2,1H3/t13-,20?/m0/s1. The van der Waals surface area contributed by atoms with Gasteiger partial charge in [-0.25, -0.2) is 9.66 Å². The van der Waals surface area contributed by atoms with Crippen LogP contribution in [0.1, 0.15) is 35.4 Å². The molecule has 1 unspecified atom stereocenters. The maximum atomic E-state index is 13.6. The molecule has 1 saturated heterocycles. The predicted octanol–water partition coefficient (Wildman–Crippen LogP) is 3.01. The predicted molar refractivity (Wildman–Crippen MR) is 127 cm³/mol. The van der Waals surface area contributed by atoms with E-state index in [0.29, 0.717) is 21.7 Å². The highest BCUT2D eigenvalue weighted by Gasteiger charge is 2.31. The fraction of sp³-hybridized carbons (Fsp3) is 0.429. The molecule has 1 fully saturated rings. The summed E-state index contributed by atoms with van der Waals surface area (Å²) in [6.45, 7) is 5.86. The van der Waals surface area contributed by atoms with Crippen molar-refractivity contribution in [2.24, 2.45) is 0 Å². The van der Waals surface area contributed by atoms with Crippen LogP contribution < -0.4 is 21.2 Å². The molecule has 5 rings (SSSR count). The molecule has 0 aliphatic carbocycles. The van der Waals surface area contributed by atoms with Crippen LogP contribution in [0.25, 0.3) is 10.9 Å². The lowest BCUT2D eigenvalue weighted by atomic mass is 10.1. The van der Waals surface area contributed by atoms with Gasteiger partial charge in [0.1, 0.15) is 12.0 Å². The molecule has 31 heavy (non-hydrogen) atoms. The molecular formula is C21H24Cl2N6OS. The highest BCUT2D eigenvalue weighted by atomic mass is 35.5. The van der Waals surface area contributed by atoms with Gasteiger partial charge in [0.2, 0.25) is 0 Å². The fourth-order valence-corrected chi connectivity index (χ4v) is 5.77. The quantitative estimate of drug-likeness (QED) is 0.561. The molecule has 0 radical (unpaired) electrons. The van der Waals surface area contributed by atoms with Crippen molar-refractivity contribution in [3.8, 4) is 0 Å². The number of aromatic nitrogens is 2. The molecule has 10 heteroatoms. The maximum Gasteiger partial charge on any atom is 0.281 e. The lowest BCUT2D eigenvalue weighted by Crippen LogP contribution is -2.54. The molecule has 0 bridgehead atoms. The molecule has 2 N–H and O–H groups in total. The average molecular weight is 479 g/mol. The minimum absolute atomic E-state index is 0.135. The van der Waals surface area contributed by atoms with Gasteiger partial charge in [-0.15, -0.1) is 11.3 Å². The first kappa shape index (κ1) is 21.2. The molecule has 2 atom stereocenters. The lowest BCUT2D eigenvalue weighted by molar-refractivity contribution is 0.250. The van der Waals surface area contributed by atoms with Crippen molar-refractivity contribution in [2.45, 2.75) is 25.6 Å². The minimum atomic E-state index is -0.219. The topological polar surface area (TPSA) is 65.4 Å². The van der Waals surface area contributed by atoms with Crippen LogP contribution >= 0.6 is 34.7 Å². The van der Waals surface area contributed by atoms with Gasteiger partial charge in [-0.1, -0.05) is 17.7 Å². The summed E-state index contributed by atoms with van der Waals surface area (Å²) in [5, 5.41) is 12.0. The number of thiophene rings is 1. The van der Waals surface area contributed by atoms with Gasteiger partial charge in [0.25, 0.3) is 5.56 Å². The van der Waals surface area contributed by atoms with E-state index in [9.17, 15) is 4.79 Å². The number of halogens is 2. The average Bonchev–Trinajstić information content (AvgIpc) is 3.25. The number of rotatable bonds is 4. The minimum Gasteiger partial charge on any atom is -0.313 e. The fourth-order valence-electron chi connectivity index (χ4n) is 4.37. The Morgan fingerprint density at radius 1 is 1.26 bits per heavy atom. The van der Waals surface area contributed by atoms with Crippen molar-refractivity contribution in [3.05, 3.63) is 61.3 Å². The first-order valence-electron chi connectivity index (χ1n) is 10.5. The Bertz CT molecular complexity index is 1160. The highest BCUT2D eigenvalue weighted by Crippen LogP contribution is 2.34. The monoisotopic (exact) mass is 478 g/mol. The summed E-state index contributed by atoms with van der Waals surface area (Å²) < 4.78 is 3.51. The number of benzene rings is 1.